The van der Waals surface area contributed by atoms with Crippen LogP contribution in [-0.4, -0.2) is 12.6 Å². The van der Waals surface area contributed by atoms with Gasteiger partial charge in [-0.2, -0.15) is 13.2 Å². The molecule has 1 atom stereocenters. The molecule has 0 aromatic heterocycles. The molecule has 2 aromatic rings. The van der Waals surface area contributed by atoms with E-state index < -0.39 is 11.7 Å². The number of halogens is 3. The summed E-state index contributed by atoms with van der Waals surface area (Å²) in [6.07, 6.45) is -1.04. The van der Waals surface area contributed by atoms with Gasteiger partial charge in [-0.05, 0) is 35.6 Å². The Bertz CT molecular complexity index is 689. The van der Waals surface area contributed by atoms with Crippen LogP contribution in [0.15, 0.2) is 60.7 Å². The number of benzene rings is 2. The Morgan fingerprint density at radius 1 is 0.957 bits per heavy atom. The molecule has 2 aromatic carbocycles. The Balaban J connectivity index is 1.81. The topological polar surface area (TPSA) is 12.0 Å². The summed E-state index contributed by atoms with van der Waals surface area (Å²) in [6.45, 7) is 0.596. The quantitative estimate of drug-likeness (QED) is 0.866. The largest absolute Gasteiger partial charge is 0.416 e. The lowest BCUT2D eigenvalue weighted by atomic mass is 9.89. The van der Waals surface area contributed by atoms with Crippen molar-refractivity contribution >= 4 is 5.57 Å². The van der Waals surface area contributed by atoms with Crippen LogP contribution in [0.3, 0.4) is 0 Å². The summed E-state index contributed by atoms with van der Waals surface area (Å²) in [5.41, 5.74) is 1.72. The van der Waals surface area contributed by atoms with Crippen LogP contribution >= 0.6 is 0 Å². The third-order valence-corrected chi connectivity index (χ3v) is 4.12. The van der Waals surface area contributed by atoms with Gasteiger partial charge in [0.15, 0.2) is 0 Å². The van der Waals surface area contributed by atoms with Gasteiger partial charge in [0.1, 0.15) is 0 Å². The molecule has 23 heavy (non-hydrogen) atoms. The lowest BCUT2D eigenvalue weighted by molar-refractivity contribution is -0.137. The minimum Gasteiger partial charge on any atom is -0.310 e. The maximum atomic E-state index is 13.2. The summed E-state index contributed by atoms with van der Waals surface area (Å²) >= 11 is 0. The number of hydrogen-bond acceptors (Lipinski definition) is 1. The average Bonchev–Trinajstić information content (AvgIpc) is 2.55. The summed E-state index contributed by atoms with van der Waals surface area (Å²) < 4.78 is 39.6. The van der Waals surface area contributed by atoms with Crippen LogP contribution in [0.25, 0.3) is 5.57 Å². The number of hydrogen-bond donors (Lipinski definition) is 1. The molecular formula is C19H18F3N. The minimum atomic E-state index is -4.32. The van der Waals surface area contributed by atoms with Gasteiger partial charge in [-0.3, -0.25) is 0 Å². The van der Waals surface area contributed by atoms with Crippen molar-refractivity contribution < 1.29 is 13.2 Å². The molecule has 3 rings (SSSR count). The molecule has 0 saturated heterocycles. The lowest BCUT2D eigenvalue weighted by Crippen LogP contribution is -2.34. The summed E-state index contributed by atoms with van der Waals surface area (Å²) in [6, 6.07) is 16.0. The zero-order valence-electron chi connectivity index (χ0n) is 12.6. The molecule has 1 aliphatic rings. The second kappa shape index (κ2) is 6.59. The monoisotopic (exact) mass is 317 g/mol. The van der Waals surface area contributed by atoms with E-state index in [1.165, 1.54) is 11.6 Å². The van der Waals surface area contributed by atoms with E-state index in [1.54, 1.807) is 12.1 Å². The van der Waals surface area contributed by atoms with Crippen molar-refractivity contribution in [3.8, 4) is 0 Å². The molecule has 0 fully saturated rings. The second-order valence-corrected chi connectivity index (χ2v) is 5.77. The van der Waals surface area contributed by atoms with Crippen molar-refractivity contribution in [2.75, 3.05) is 6.54 Å². The molecule has 0 bridgehead atoms. The van der Waals surface area contributed by atoms with E-state index in [4.69, 9.17) is 0 Å². The Hall–Kier alpha value is -2.07. The highest BCUT2D eigenvalue weighted by atomic mass is 19.4. The first kappa shape index (κ1) is 15.8. The Kier molecular flexibility index (Phi) is 4.53. The number of nitrogens with one attached hydrogen (secondary N) is 1. The van der Waals surface area contributed by atoms with Gasteiger partial charge in [-0.15, -0.1) is 0 Å². The maximum Gasteiger partial charge on any atom is 0.416 e. The Morgan fingerprint density at radius 3 is 2.39 bits per heavy atom. The summed E-state index contributed by atoms with van der Waals surface area (Å²) in [5, 5.41) is 3.37. The third-order valence-electron chi connectivity index (χ3n) is 4.12. The second-order valence-electron chi connectivity index (χ2n) is 5.77. The lowest BCUT2D eigenvalue weighted by Gasteiger charge is -2.26. The molecular weight excluding hydrogens is 299 g/mol. The Labute approximate surface area is 133 Å². The molecule has 0 aliphatic carbocycles. The summed E-state index contributed by atoms with van der Waals surface area (Å²) in [5.74, 6) is 0. The van der Waals surface area contributed by atoms with Gasteiger partial charge in [0.2, 0.25) is 0 Å². The molecule has 4 heteroatoms. The molecule has 0 spiro atoms. The normalized spacial score (nSPS) is 18.6. The highest BCUT2D eigenvalue weighted by molar-refractivity contribution is 5.70. The van der Waals surface area contributed by atoms with E-state index in [9.17, 15) is 13.2 Å². The first-order chi connectivity index (χ1) is 11.0. The van der Waals surface area contributed by atoms with E-state index in [0.717, 1.165) is 18.1 Å². The van der Waals surface area contributed by atoms with Crippen LogP contribution < -0.4 is 5.32 Å². The van der Waals surface area contributed by atoms with Gasteiger partial charge < -0.3 is 5.32 Å². The zero-order chi connectivity index (χ0) is 16.3. The van der Waals surface area contributed by atoms with Gasteiger partial charge in [-0.25, -0.2) is 0 Å². The van der Waals surface area contributed by atoms with Crippen molar-refractivity contribution in [2.24, 2.45) is 0 Å². The predicted molar refractivity (Wildman–Crippen MR) is 86.0 cm³/mol. The molecule has 1 N–H and O–H groups in total. The van der Waals surface area contributed by atoms with Crippen LogP contribution in [0.1, 0.15) is 23.1 Å². The Morgan fingerprint density at radius 2 is 1.65 bits per heavy atom. The molecule has 1 unspecified atom stereocenters. The van der Waals surface area contributed by atoms with Crippen molar-refractivity contribution in [3.63, 3.8) is 0 Å². The molecule has 1 nitrogen and oxygen atoms in total. The summed E-state index contributed by atoms with van der Waals surface area (Å²) in [4.78, 5) is 0. The van der Waals surface area contributed by atoms with Gasteiger partial charge in [0.25, 0.3) is 0 Å². The van der Waals surface area contributed by atoms with Crippen molar-refractivity contribution in [1.29, 1.82) is 0 Å². The molecule has 0 saturated carbocycles. The molecule has 0 amide bonds. The average molecular weight is 317 g/mol. The fraction of sp³-hybridized carbons (Fsp3) is 0.263. The van der Waals surface area contributed by atoms with E-state index in [0.29, 0.717) is 18.5 Å². The van der Waals surface area contributed by atoms with Crippen LogP contribution in [-0.2, 0) is 12.6 Å². The zero-order valence-corrected chi connectivity index (χ0v) is 12.6. The highest BCUT2D eigenvalue weighted by Crippen LogP contribution is 2.36. The molecule has 0 radical (unpaired) electrons. The SMILES string of the molecule is FC(F)(F)c1ccccc1C1=CCNC(Cc2ccccc2)C1. The van der Waals surface area contributed by atoms with Crippen LogP contribution in [0, 0.1) is 0 Å². The first-order valence-corrected chi connectivity index (χ1v) is 7.67. The van der Waals surface area contributed by atoms with Crippen molar-refractivity contribution in [2.45, 2.75) is 25.1 Å². The number of alkyl halides is 3. The van der Waals surface area contributed by atoms with Crippen LogP contribution in [0.4, 0.5) is 13.2 Å². The van der Waals surface area contributed by atoms with Crippen molar-refractivity contribution in [3.05, 3.63) is 77.4 Å². The third kappa shape index (κ3) is 3.82. The minimum absolute atomic E-state index is 0.152. The molecule has 1 aliphatic heterocycles. The predicted octanol–water partition coefficient (Wildman–Crippen LogP) is 4.69. The molecule has 120 valence electrons. The van der Waals surface area contributed by atoms with E-state index in [-0.39, 0.29) is 6.04 Å². The first-order valence-electron chi connectivity index (χ1n) is 7.67. The van der Waals surface area contributed by atoms with E-state index >= 15 is 0 Å². The maximum absolute atomic E-state index is 13.2. The van der Waals surface area contributed by atoms with Gasteiger partial charge in [-0.1, -0.05) is 54.6 Å². The van der Waals surface area contributed by atoms with E-state index in [1.807, 2.05) is 36.4 Å². The van der Waals surface area contributed by atoms with Crippen LogP contribution in [0.5, 0.6) is 0 Å². The smallest absolute Gasteiger partial charge is 0.310 e. The van der Waals surface area contributed by atoms with E-state index in [2.05, 4.69) is 5.32 Å². The van der Waals surface area contributed by atoms with Crippen LogP contribution in [0.2, 0.25) is 0 Å². The van der Waals surface area contributed by atoms with Gasteiger partial charge in [0.05, 0.1) is 5.56 Å². The summed E-state index contributed by atoms with van der Waals surface area (Å²) in [7, 11) is 0. The highest BCUT2D eigenvalue weighted by Gasteiger charge is 2.34. The van der Waals surface area contributed by atoms with Gasteiger partial charge in [0, 0.05) is 12.6 Å². The molecule has 1 heterocycles. The number of rotatable bonds is 3. The standard InChI is InChI=1S/C19H18F3N/c20-19(21,22)18-9-5-4-8-17(18)15-10-11-23-16(13-15)12-14-6-2-1-3-7-14/h1-10,16,23H,11-13H2. The van der Waals surface area contributed by atoms with Crippen molar-refractivity contribution in [1.82, 2.24) is 5.32 Å². The van der Waals surface area contributed by atoms with Gasteiger partial charge >= 0.3 is 6.18 Å². The fourth-order valence-corrected chi connectivity index (χ4v) is 3.04. The fourth-order valence-electron chi connectivity index (χ4n) is 3.04.